The van der Waals surface area contributed by atoms with Gasteiger partial charge in [-0.1, -0.05) is 0 Å². The summed E-state index contributed by atoms with van der Waals surface area (Å²) in [5, 5.41) is 2.05. The zero-order valence-electron chi connectivity index (χ0n) is 10.4. The molecule has 112 valence electrons. The van der Waals surface area contributed by atoms with Crippen LogP contribution in [0.5, 0.6) is 0 Å². The topological polar surface area (TPSA) is 42.1 Å². The summed E-state index contributed by atoms with van der Waals surface area (Å²) in [6, 6.07) is 0.167. The van der Waals surface area contributed by atoms with Crippen molar-refractivity contribution in [3.8, 4) is 0 Å². The Balaban J connectivity index is 2.25. The van der Waals surface area contributed by atoms with Crippen LogP contribution in [0.25, 0.3) is 0 Å². The molecule has 1 aromatic carbocycles. The first kappa shape index (κ1) is 15.6. The molecule has 0 aliphatic heterocycles. The number of hydrogen-bond acceptors (Lipinski definition) is 3. The molecule has 0 amide bonds. The summed E-state index contributed by atoms with van der Waals surface area (Å²) in [7, 11) is 0. The Morgan fingerprint density at radius 3 is 2.33 bits per heavy atom. The van der Waals surface area contributed by atoms with E-state index in [0.717, 1.165) is 0 Å². The van der Waals surface area contributed by atoms with Crippen molar-refractivity contribution in [1.29, 1.82) is 0 Å². The number of hydrogen-bond donors (Lipinski definition) is 1. The number of halogens is 4. The number of thiazole rings is 1. The van der Waals surface area contributed by atoms with Crippen LogP contribution in [0.4, 0.5) is 22.7 Å². The minimum absolute atomic E-state index is 0.0531. The number of aromatic nitrogens is 1. The average Bonchev–Trinajstić information content (AvgIpc) is 2.94. The highest BCUT2D eigenvalue weighted by Crippen LogP contribution is 2.22. The molecule has 1 aromatic heterocycles. The maximum absolute atomic E-state index is 13.6. The van der Waals surface area contributed by atoms with Gasteiger partial charge in [-0.05, 0) is 18.6 Å². The third-order valence-corrected chi connectivity index (χ3v) is 3.72. The molecule has 0 saturated carbocycles. The van der Waals surface area contributed by atoms with Crippen LogP contribution in [0.15, 0.2) is 17.6 Å². The Bertz CT molecular complexity index is 635. The van der Waals surface area contributed by atoms with Gasteiger partial charge in [-0.2, -0.15) is 0 Å². The Morgan fingerprint density at radius 2 is 1.86 bits per heavy atom. The molecule has 0 bridgehead atoms. The van der Waals surface area contributed by atoms with Crippen LogP contribution in [-0.2, 0) is 6.42 Å². The fourth-order valence-corrected chi connectivity index (χ4v) is 2.63. The van der Waals surface area contributed by atoms with E-state index in [0.29, 0.717) is 5.13 Å². The van der Waals surface area contributed by atoms with E-state index in [2.05, 4.69) is 4.98 Å². The molecule has 0 aliphatic rings. The number of nitrogens with zero attached hydrogens (tertiary/aromatic N) is 2. The summed E-state index contributed by atoms with van der Waals surface area (Å²) in [5.41, 5.74) is 4.83. The number of thiocarbonyl (C=S) groups is 1. The second-order valence-corrected chi connectivity index (χ2v) is 5.29. The molecule has 0 atom stereocenters. The molecule has 2 rings (SSSR count). The van der Waals surface area contributed by atoms with Crippen LogP contribution in [0.1, 0.15) is 5.56 Å². The molecular formula is C12H9F4N3S2. The van der Waals surface area contributed by atoms with Gasteiger partial charge in [0.2, 0.25) is 0 Å². The van der Waals surface area contributed by atoms with Crippen molar-refractivity contribution < 1.29 is 17.6 Å². The molecule has 0 spiro atoms. The van der Waals surface area contributed by atoms with Crippen molar-refractivity contribution in [2.75, 3.05) is 11.4 Å². The summed E-state index contributed by atoms with van der Waals surface area (Å²) in [5.74, 6) is -5.73. The third-order valence-electron chi connectivity index (χ3n) is 2.70. The Labute approximate surface area is 127 Å². The fraction of sp³-hybridized carbons (Fsp3) is 0.167. The van der Waals surface area contributed by atoms with E-state index < -0.39 is 28.8 Å². The highest BCUT2D eigenvalue weighted by molar-refractivity contribution is 7.80. The van der Waals surface area contributed by atoms with Crippen molar-refractivity contribution in [2.24, 2.45) is 5.73 Å². The summed E-state index contributed by atoms with van der Waals surface area (Å²) < 4.78 is 53.4. The number of nitrogens with two attached hydrogens (primary N) is 1. The Kier molecular flexibility index (Phi) is 4.73. The molecule has 1 heterocycles. The molecule has 0 radical (unpaired) electrons. The largest absolute Gasteiger partial charge is 0.376 e. The molecule has 0 unspecified atom stereocenters. The Morgan fingerprint density at radius 1 is 1.24 bits per heavy atom. The van der Waals surface area contributed by atoms with Gasteiger partial charge < -0.3 is 5.73 Å². The lowest BCUT2D eigenvalue weighted by Crippen LogP contribution is -2.37. The van der Waals surface area contributed by atoms with E-state index in [1.807, 2.05) is 0 Å². The summed E-state index contributed by atoms with van der Waals surface area (Å²) >= 11 is 6.05. The molecule has 0 aliphatic carbocycles. The monoisotopic (exact) mass is 335 g/mol. The maximum Gasteiger partial charge on any atom is 0.191 e. The van der Waals surface area contributed by atoms with Gasteiger partial charge >= 0.3 is 0 Å². The minimum Gasteiger partial charge on any atom is -0.376 e. The first-order chi connectivity index (χ1) is 9.91. The lowest BCUT2D eigenvalue weighted by atomic mass is 10.1. The van der Waals surface area contributed by atoms with Crippen molar-refractivity contribution in [3.63, 3.8) is 0 Å². The van der Waals surface area contributed by atoms with Crippen LogP contribution in [-0.4, -0.2) is 16.6 Å². The second kappa shape index (κ2) is 6.35. The standard InChI is InChI=1S/C12H9F4N3S2/c13-7-5-8(14)10(16)6(9(7)15)1-3-19(11(17)20)12-18-2-4-21-12/h2,4-5H,1,3H2,(H2,17,20). The van der Waals surface area contributed by atoms with Crippen LogP contribution < -0.4 is 10.6 Å². The summed E-state index contributed by atoms with van der Waals surface area (Å²) in [6.07, 6.45) is 1.19. The predicted octanol–water partition coefficient (Wildman–Crippen LogP) is 2.99. The Hall–Kier alpha value is -1.74. The normalized spacial score (nSPS) is 10.7. The van der Waals surface area contributed by atoms with Crippen molar-refractivity contribution >= 4 is 33.8 Å². The zero-order chi connectivity index (χ0) is 15.6. The molecule has 3 nitrogen and oxygen atoms in total. The van der Waals surface area contributed by atoms with Gasteiger partial charge in [0, 0.05) is 29.8 Å². The van der Waals surface area contributed by atoms with E-state index >= 15 is 0 Å². The zero-order valence-corrected chi connectivity index (χ0v) is 12.1. The molecule has 2 aromatic rings. The molecule has 2 N–H and O–H groups in total. The van der Waals surface area contributed by atoms with Gasteiger partial charge in [-0.3, -0.25) is 4.90 Å². The van der Waals surface area contributed by atoms with E-state index in [9.17, 15) is 17.6 Å². The second-order valence-electron chi connectivity index (χ2n) is 4.00. The number of anilines is 1. The molecular weight excluding hydrogens is 326 g/mol. The first-order valence-corrected chi connectivity index (χ1v) is 6.99. The number of benzene rings is 1. The lowest BCUT2D eigenvalue weighted by molar-refractivity contribution is 0.439. The van der Waals surface area contributed by atoms with Gasteiger partial charge in [0.25, 0.3) is 0 Å². The quantitative estimate of drug-likeness (QED) is 0.530. The van der Waals surface area contributed by atoms with Crippen LogP contribution in [0.2, 0.25) is 0 Å². The first-order valence-electron chi connectivity index (χ1n) is 5.70. The van der Waals surface area contributed by atoms with E-state index in [1.165, 1.54) is 22.4 Å². The smallest absolute Gasteiger partial charge is 0.191 e. The van der Waals surface area contributed by atoms with Crippen molar-refractivity contribution in [2.45, 2.75) is 6.42 Å². The van der Waals surface area contributed by atoms with Gasteiger partial charge in [0.1, 0.15) is 0 Å². The van der Waals surface area contributed by atoms with Crippen molar-refractivity contribution in [1.82, 2.24) is 4.98 Å². The highest BCUT2D eigenvalue weighted by Gasteiger charge is 2.21. The SMILES string of the molecule is NC(=S)N(CCc1c(F)c(F)cc(F)c1F)c1nccs1. The van der Waals surface area contributed by atoms with E-state index in [1.54, 1.807) is 5.38 Å². The number of rotatable bonds is 4. The average molecular weight is 335 g/mol. The molecule has 0 fully saturated rings. The summed E-state index contributed by atoms with van der Waals surface area (Å²) in [4.78, 5) is 5.31. The van der Waals surface area contributed by atoms with Gasteiger partial charge in [-0.25, -0.2) is 22.5 Å². The van der Waals surface area contributed by atoms with Crippen molar-refractivity contribution in [3.05, 3.63) is 46.5 Å². The fourth-order valence-electron chi connectivity index (χ4n) is 1.72. The highest BCUT2D eigenvalue weighted by atomic mass is 32.1. The minimum atomic E-state index is -1.44. The van der Waals surface area contributed by atoms with Gasteiger partial charge in [0.15, 0.2) is 33.5 Å². The molecule has 21 heavy (non-hydrogen) atoms. The lowest BCUT2D eigenvalue weighted by Gasteiger charge is -2.20. The third kappa shape index (κ3) is 3.30. The van der Waals surface area contributed by atoms with Crippen LogP contribution >= 0.6 is 23.6 Å². The predicted molar refractivity (Wildman–Crippen MR) is 76.2 cm³/mol. The van der Waals surface area contributed by atoms with Crippen LogP contribution in [0, 0.1) is 23.3 Å². The van der Waals surface area contributed by atoms with E-state index in [4.69, 9.17) is 18.0 Å². The maximum atomic E-state index is 13.6. The van der Waals surface area contributed by atoms with Gasteiger partial charge in [-0.15, -0.1) is 11.3 Å². The molecule has 0 saturated heterocycles. The molecule has 9 heteroatoms. The van der Waals surface area contributed by atoms with E-state index in [-0.39, 0.29) is 24.1 Å². The summed E-state index contributed by atoms with van der Waals surface area (Å²) in [6.45, 7) is -0.0560. The van der Waals surface area contributed by atoms with Crippen LogP contribution in [0.3, 0.4) is 0 Å². The van der Waals surface area contributed by atoms with Gasteiger partial charge in [0.05, 0.1) is 0 Å².